The summed E-state index contributed by atoms with van der Waals surface area (Å²) in [4.78, 5) is 2.10. The molecule has 0 aliphatic rings. The first kappa shape index (κ1) is 14.9. The molecule has 0 amide bonds. The van der Waals surface area contributed by atoms with E-state index >= 15 is 0 Å². The minimum Gasteiger partial charge on any atom is -0.376 e. The number of nitrogens with zero attached hydrogens (tertiary/aromatic N) is 1. The molecule has 1 N–H and O–H groups in total. The van der Waals surface area contributed by atoms with Crippen LogP contribution in [-0.2, 0) is 0 Å². The molecule has 0 saturated heterocycles. The zero-order chi connectivity index (χ0) is 12.2. The van der Waals surface area contributed by atoms with E-state index in [1.54, 1.807) is 0 Å². The van der Waals surface area contributed by atoms with Crippen molar-refractivity contribution in [2.45, 2.75) is 66.2 Å². The van der Waals surface area contributed by atoms with E-state index in [9.17, 15) is 5.11 Å². The maximum Gasteiger partial charge on any atom is 0.112 e. The zero-order valence-corrected chi connectivity index (χ0v) is 11.5. The van der Waals surface area contributed by atoms with E-state index in [1.807, 2.05) is 20.9 Å². The van der Waals surface area contributed by atoms with Crippen molar-refractivity contribution in [3.63, 3.8) is 0 Å². The van der Waals surface area contributed by atoms with Gasteiger partial charge in [-0.15, -0.1) is 0 Å². The fourth-order valence-corrected chi connectivity index (χ4v) is 1.95. The van der Waals surface area contributed by atoms with Gasteiger partial charge in [-0.3, -0.25) is 4.90 Å². The van der Waals surface area contributed by atoms with Crippen LogP contribution in [0.2, 0.25) is 0 Å². The molecule has 92 valence electrons. The van der Waals surface area contributed by atoms with Crippen LogP contribution < -0.4 is 0 Å². The molecule has 0 rings (SSSR count). The first-order chi connectivity index (χ1) is 6.64. The Kier molecular flexibility index (Phi) is 5.82. The summed E-state index contributed by atoms with van der Waals surface area (Å²) in [6.45, 7) is 12.7. The van der Waals surface area contributed by atoms with Crippen molar-refractivity contribution < 1.29 is 5.11 Å². The van der Waals surface area contributed by atoms with Crippen molar-refractivity contribution in [1.82, 2.24) is 4.90 Å². The van der Waals surface area contributed by atoms with Crippen molar-refractivity contribution in [3.05, 3.63) is 0 Å². The summed E-state index contributed by atoms with van der Waals surface area (Å²) >= 11 is 0. The van der Waals surface area contributed by atoms with Gasteiger partial charge in [0.1, 0.15) is 5.72 Å². The second-order valence-corrected chi connectivity index (χ2v) is 6.02. The number of hydrogen-bond acceptors (Lipinski definition) is 2. The standard InChI is InChI=1S/C13H29NO/c1-10(2)8-12(9-11(3)4)14(7)13(5,6)15/h10-12,15H,8-9H2,1-7H3. The molecule has 0 unspecified atom stereocenters. The lowest BCUT2D eigenvalue weighted by Crippen LogP contribution is -2.48. The summed E-state index contributed by atoms with van der Waals surface area (Å²) in [5.74, 6) is 1.36. The summed E-state index contributed by atoms with van der Waals surface area (Å²) < 4.78 is 0. The van der Waals surface area contributed by atoms with Crippen LogP contribution in [-0.4, -0.2) is 28.8 Å². The van der Waals surface area contributed by atoms with Gasteiger partial charge in [-0.25, -0.2) is 0 Å². The van der Waals surface area contributed by atoms with Crippen molar-refractivity contribution >= 4 is 0 Å². The van der Waals surface area contributed by atoms with Crippen LogP contribution in [0.15, 0.2) is 0 Å². The van der Waals surface area contributed by atoms with E-state index in [1.165, 1.54) is 0 Å². The van der Waals surface area contributed by atoms with Crippen molar-refractivity contribution in [2.75, 3.05) is 7.05 Å². The molecule has 0 aliphatic heterocycles. The van der Waals surface area contributed by atoms with E-state index in [4.69, 9.17) is 0 Å². The highest BCUT2D eigenvalue weighted by atomic mass is 16.3. The maximum absolute atomic E-state index is 10.0. The van der Waals surface area contributed by atoms with E-state index in [0.29, 0.717) is 17.9 Å². The fraction of sp³-hybridized carbons (Fsp3) is 1.00. The fourth-order valence-electron chi connectivity index (χ4n) is 1.95. The Morgan fingerprint density at radius 3 is 1.53 bits per heavy atom. The van der Waals surface area contributed by atoms with Gasteiger partial charge < -0.3 is 5.11 Å². The molecule has 2 nitrogen and oxygen atoms in total. The Morgan fingerprint density at radius 2 is 1.33 bits per heavy atom. The molecule has 0 atom stereocenters. The molecule has 0 aromatic rings. The third-order valence-corrected chi connectivity index (χ3v) is 2.90. The Morgan fingerprint density at radius 1 is 1.00 bits per heavy atom. The highest BCUT2D eigenvalue weighted by molar-refractivity contribution is 4.77. The first-order valence-corrected chi connectivity index (χ1v) is 6.10. The van der Waals surface area contributed by atoms with E-state index in [0.717, 1.165) is 12.8 Å². The van der Waals surface area contributed by atoms with Gasteiger partial charge in [0.05, 0.1) is 0 Å². The van der Waals surface area contributed by atoms with Crippen LogP contribution >= 0.6 is 0 Å². The third-order valence-electron chi connectivity index (χ3n) is 2.90. The molecule has 0 aliphatic carbocycles. The molecular weight excluding hydrogens is 186 g/mol. The number of hydrogen-bond donors (Lipinski definition) is 1. The topological polar surface area (TPSA) is 23.5 Å². The molecule has 0 aromatic carbocycles. The quantitative estimate of drug-likeness (QED) is 0.688. The SMILES string of the molecule is CC(C)CC(CC(C)C)N(C)C(C)(C)O. The zero-order valence-electron chi connectivity index (χ0n) is 11.5. The molecule has 0 fully saturated rings. The van der Waals surface area contributed by atoms with Gasteiger partial charge in [-0.2, -0.15) is 0 Å². The predicted molar refractivity (Wildman–Crippen MR) is 66.8 cm³/mol. The summed E-state index contributed by atoms with van der Waals surface area (Å²) in [5, 5.41) is 10.0. The van der Waals surface area contributed by atoms with E-state index < -0.39 is 5.72 Å². The Bertz CT molecular complexity index is 160. The van der Waals surface area contributed by atoms with Crippen molar-refractivity contribution in [2.24, 2.45) is 11.8 Å². The molecule has 0 spiro atoms. The van der Waals surface area contributed by atoms with Crippen molar-refractivity contribution in [3.8, 4) is 0 Å². The Hall–Kier alpha value is -0.0800. The Balaban J connectivity index is 4.47. The van der Waals surface area contributed by atoms with Crippen LogP contribution in [0.4, 0.5) is 0 Å². The van der Waals surface area contributed by atoms with Crippen LogP contribution in [0.1, 0.15) is 54.4 Å². The summed E-state index contributed by atoms with van der Waals surface area (Å²) in [6.07, 6.45) is 2.30. The van der Waals surface area contributed by atoms with E-state index in [-0.39, 0.29) is 0 Å². The maximum atomic E-state index is 10.0. The molecule has 0 saturated carbocycles. The number of aliphatic hydroxyl groups is 1. The van der Waals surface area contributed by atoms with Crippen LogP contribution in [0.5, 0.6) is 0 Å². The largest absolute Gasteiger partial charge is 0.376 e. The Labute approximate surface area is 95.7 Å². The lowest BCUT2D eigenvalue weighted by atomic mass is 9.93. The van der Waals surface area contributed by atoms with Crippen molar-refractivity contribution in [1.29, 1.82) is 0 Å². The van der Waals surface area contributed by atoms with Gasteiger partial charge in [0.15, 0.2) is 0 Å². The van der Waals surface area contributed by atoms with Crippen LogP contribution in [0.25, 0.3) is 0 Å². The highest BCUT2D eigenvalue weighted by Gasteiger charge is 2.27. The summed E-state index contributed by atoms with van der Waals surface area (Å²) in [5.41, 5.74) is -0.714. The monoisotopic (exact) mass is 215 g/mol. The summed E-state index contributed by atoms with van der Waals surface area (Å²) in [7, 11) is 2.02. The van der Waals surface area contributed by atoms with Gasteiger partial charge in [0.2, 0.25) is 0 Å². The van der Waals surface area contributed by atoms with Gasteiger partial charge in [0, 0.05) is 6.04 Å². The molecule has 15 heavy (non-hydrogen) atoms. The minimum absolute atomic E-state index is 0.477. The summed E-state index contributed by atoms with van der Waals surface area (Å²) in [6, 6.07) is 0.477. The highest BCUT2D eigenvalue weighted by Crippen LogP contribution is 2.23. The van der Waals surface area contributed by atoms with Crippen LogP contribution in [0, 0.1) is 11.8 Å². The molecule has 0 heterocycles. The molecule has 2 heteroatoms. The predicted octanol–water partition coefficient (Wildman–Crippen LogP) is 3.11. The second-order valence-electron chi connectivity index (χ2n) is 6.02. The second kappa shape index (κ2) is 5.86. The smallest absolute Gasteiger partial charge is 0.112 e. The van der Waals surface area contributed by atoms with Gasteiger partial charge in [0.25, 0.3) is 0 Å². The average Bonchev–Trinajstić information content (AvgIpc) is 1.98. The minimum atomic E-state index is -0.714. The molecule has 0 bridgehead atoms. The average molecular weight is 215 g/mol. The normalized spacial score (nSPS) is 13.6. The van der Waals surface area contributed by atoms with Gasteiger partial charge >= 0.3 is 0 Å². The molecule has 0 radical (unpaired) electrons. The molecular formula is C13H29NO. The number of rotatable bonds is 6. The third kappa shape index (κ3) is 6.16. The van der Waals surface area contributed by atoms with Gasteiger partial charge in [-0.05, 0) is 45.6 Å². The molecule has 0 aromatic heterocycles. The lowest BCUT2D eigenvalue weighted by molar-refractivity contribution is -0.0920. The van der Waals surface area contributed by atoms with Crippen LogP contribution in [0.3, 0.4) is 0 Å². The lowest BCUT2D eigenvalue weighted by Gasteiger charge is -2.39. The van der Waals surface area contributed by atoms with Gasteiger partial charge in [-0.1, -0.05) is 27.7 Å². The van der Waals surface area contributed by atoms with E-state index in [2.05, 4.69) is 32.6 Å². The first-order valence-electron chi connectivity index (χ1n) is 6.10.